The number of urea groups is 1. The minimum absolute atomic E-state index is 0.0492. The van der Waals surface area contributed by atoms with Gasteiger partial charge in [-0.3, -0.25) is 4.79 Å². The van der Waals surface area contributed by atoms with E-state index in [1.165, 1.54) is 0 Å². The third-order valence-corrected chi connectivity index (χ3v) is 4.45. The minimum Gasteiger partial charge on any atom is -0.336 e. The summed E-state index contributed by atoms with van der Waals surface area (Å²) in [6.07, 6.45) is 0.314. The van der Waals surface area contributed by atoms with Gasteiger partial charge in [0.2, 0.25) is 5.91 Å². The van der Waals surface area contributed by atoms with Gasteiger partial charge in [-0.05, 0) is 30.2 Å². The van der Waals surface area contributed by atoms with Gasteiger partial charge in [-0.25, -0.2) is 4.79 Å². The van der Waals surface area contributed by atoms with Crippen molar-refractivity contribution in [3.63, 3.8) is 0 Å². The molecule has 1 aliphatic rings. The molecule has 25 heavy (non-hydrogen) atoms. The lowest BCUT2D eigenvalue weighted by Crippen LogP contribution is -2.39. The van der Waals surface area contributed by atoms with Crippen LogP contribution in [0.4, 0.5) is 10.5 Å². The standard InChI is InChI=1S/C19H20ClN3O2/c1-13-7-8-15(20)9-17(13)22-19(25)21-16-10-18(24)23(12-16)11-14-5-3-2-4-6-14/h2-9,16H,10-12H2,1H3,(H2,21,22,25). The lowest BCUT2D eigenvalue weighted by atomic mass is 10.2. The molecule has 1 aliphatic heterocycles. The Morgan fingerprint density at radius 3 is 2.76 bits per heavy atom. The van der Waals surface area contributed by atoms with Crippen LogP contribution in [0.3, 0.4) is 0 Å². The zero-order valence-electron chi connectivity index (χ0n) is 14.0. The van der Waals surface area contributed by atoms with Crippen molar-refractivity contribution < 1.29 is 9.59 Å². The van der Waals surface area contributed by atoms with Crippen LogP contribution in [0.25, 0.3) is 0 Å². The fraction of sp³-hybridized carbons (Fsp3) is 0.263. The number of carbonyl (C=O) groups excluding carboxylic acids is 2. The quantitative estimate of drug-likeness (QED) is 0.878. The number of halogens is 1. The first-order valence-corrected chi connectivity index (χ1v) is 8.54. The van der Waals surface area contributed by atoms with Gasteiger partial charge >= 0.3 is 6.03 Å². The maximum atomic E-state index is 12.2. The van der Waals surface area contributed by atoms with E-state index in [1.807, 2.05) is 43.3 Å². The lowest BCUT2D eigenvalue weighted by Gasteiger charge is -2.17. The highest BCUT2D eigenvalue weighted by molar-refractivity contribution is 6.31. The minimum atomic E-state index is -0.329. The van der Waals surface area contributed by atoms with Crippen LogP contribution >= 0.6 is 11.6 Å². The molecule has 0 radical (unpaired) electrons. The van der Waals surface area contributed by atoms with Crippen molar-refractivity contribution in [1.29, 1.82) is 0 Å². The summed E-state index contributed by atoms with van der Waals surface area (Å²) in [4.78, 5) is 26.1. The molecule has 3 amide bonds. The van der Waals surface area contributed by atoms with Gasteiger partial charge in [0.1, 0.15) is 0 Å². The van der Waals surface area contributed by atoms with Crippen molar-refractivity contribution in [2.45, 2.75) is 25.9 Å². The molecule has 5 nitrogen and oxygen atoms in total. The topological polar surface area (TPSA) is 61.4 Å². The van der Waals surface area contributed by atoms with Crippen LogP contribution in [0.15, 0.2) is 48.5 Å². The molecule has 0 bridgehead atoms. The second kappa shape index (κ2) is 7.57. The maximum Gasteiger partial charge on any atom is 0.319 e. The van der Waals surface area contributed by atoms with Crippen LogP contribution in [-0.4, -0.2) is 29.4 Å². The largest absolute Gasteiger partial charge is 0.336 e. The summed E-state index contributed by atoms with van der Waals surface area (Å²) >= 11 is 5.96. The molecule has 1 atom stereocenters. The third kappa shape index (κ3) is 4.51. The number of benzene rings is 2. The molecule has 0 spiro atoms. The van der Waals surface area contributed by atoms with E-state index >= 15 is 0 Å². The van der Waals surface area contributed by atoms with E-state index in [0.29, 0.717) is 30.2 Å². The maximum absolute atomic E-state index is 12.2. The van der Waals surface area contributed by atoms with E-state index < -0.39 is 0 Å². The molecule has 0 aromatic heterocycles. The fourth-order valence-electron chi connectivity index (χ4n) is 2.90. The number of likely N-dealkylation sites (tertiary alicyclic amines) is 1. The number of hydrogen-bond donors (Lipinski definition) is 2. The first-order chi connectivity index (χ1) is 12.0. The highest BCUT2D eigenvalue weighted by Gasteiger charge is 2.30. The molecule has 3 rings (SSSR count). The number of carbonyl (C=O) groups is 2. The van der Waals surface area contributed by atoms with Crippen LogP contribution in [0.5, 0.6) is 0 Å². The normalized spacial score (nSPS) is 16.8. The number of aryl methyl sites for hydroxylation is 1. The Bertz CT molecular complexity index is 779. The Balaban J connectivity index is 1.56. The predicted octanol–water partition coefficient (Wildman–Crippen LogP) is 3.57. The van der Waals surface area contributed by atoms with Crippen LogP contribution in [0.2, 0.25) is 5.02 Å². The zero-order valence-corrected chi connectivity index (χ0v) is 14.7. The monoisotopic (exact) mass is 357 g/mol. The molecule has 1 fully saturated rings. The Labute approximate surface area is 152 Å². The molecule has 1 heterocycles. The molecule has 130 valence electrons. The summed E-state index contributed by atoms with van der Waals surface area (Å²) in [5.41, 5.74) is 2.67. The number of nitrogens with one attached hydrogen (secondary N) is 2. The van der Waals surface area contributed by atoms with Crippen LogP contribution in [0.1, 0.15) is 17.5 Å². The van der Waals surface area contributed by atoms with Crippen molar-refractivity contribution in [2.24, 2.45) is 0 Å². The molecule has 1 saturated heterocycles. The highest BCUT2D eigenvalue weighted by atomic mass is 35.5. The molecule has 0 aliphatic carbocycles. The van der Waals surface area contributed by atoms with E-state index in [1.54, 1.807) is 17.0 Å². The fourth-order valence-corrected chi connectivity index (χ4v) is 3.07. The smallest absolute Gasteiger partial charge is 0.319 e. The average Bonchev–Trinajstić information content (AvgIpc) is 2.91. The van der Waals surface area contributed by atoms with Crippen LogP contribution in [-0.2, 0) is 11.3 Å². The van der Waals surface area contributed by atoms with E-state index in [0.717, 1.165) is 11.1 Å². The molecular formula is C19H20ClN3O2. The SMILES string of the molecule is Cc1ccc(Cl)cc1NC(=O)NC1CC(=O)N(Cc2ccccc2)C1. The summed E-state index contributed by atoms with van der Waals surface area (Å²) < 4.78 is 0. The van der Waals surface area contributed by atoms with Crippen molar-refractivity contribution >= 4 is 29.2 Å². The summed E-state index contributed by atoms with van der Waals surface area (Å²) in [6, 6.07) is 14.6. The van der Waals surface area contributed by atoms with E-state index in [9.17, 15) is 9.59 Å². The molecular weight excluding hydrogens is 338 g/mol. The second-order valence-electron chi connectivity index (χ2n) is 6.22. The number of amides is 3. The Kier molecular flexibility index (Phi) is 5.24. The van der Waals surface area contributed by atoms with Gasteiger partial charge < -0.3 is 15.5 Å². The van der Waals surface area contributed by atoms with Gasteiger partial charge in [-0.2, -0.15) is 0 Å². The predicted molar refractivity (Wildman–Crippen MR) is 98.6 cm³/mol. The van der Waals surface area contributed by atoms with E-state index in [2.05, 4.69) is 10.6 Å². The summed E-state index contributed by atoms with van der Waals surface area (Å²) in [5.74, 6) is 0.0492. The highest BCUT2D eigenvalue weighted by Crippen LogP contribution is 2.20. The van der Waals surface area contributed by atoms with Gasteiger partial charge in [0.05, 0.1) is 6.04 Å². The summed E-state index contributed by atoms with van der Waals surface area (Å²) in [5, 5.41) is 6.22. The molecule has 2 N–H and O–H groups in total. The molecule has 6 heteroatoms. The Hall–Kier alpha value is -2.53. The van der Waals surface area contributed by atoms with E-state index in [4.69, 9.17) is 11.6 Å². The third-order valence-electron chi connectivity index (χ3n) is 4.21. The molecule has 0 saturated carbocycles. The Morgan fingerprint density at radius 1 is 1.24 bits per heavy atom. The number of hydrogen-bond acceptors (Lipinski definition) is 2. The number of rotatable bonds is 4. The van der Waals surface area contributed by atoms with Crippen molar-refractivity contribution in [2.75, 3.05) is 11.9 Å². The van der Waals surface area contributed by atoms with Gasteiger partial charge in [0.15, 0.2) is 0 Å². The summed E-state index contributed by atoms with van der Waals surface area (Å²) in [7, 11) is 0. The van der Waals surface area contributed by atoms with Crippen molar-refractivity contribution in [3.05, 3.63) is 64.7 Å². The lowest BCUT2D eigenvalue weighted by molar-refractivity contribution is -0.128. The van der Waals surface area contributed by atoms with Crippen molar-refractivity contribution in [3.8, 4) is 0 Å². The van der Waals surface area contributed by atoms with Gasteiger partial charge in [-0.1, -0.05) is 48.0 Å². The summed E-state index contributed by atoms with van der Waals surface area (Å²) in [6.45, 7) is 2.97. The van der Waals surface area contributed by atoms with Crippen molar-refractivity contribution in [1.82, 2.24) is 10.2 Å². The first-order valence-electron chi connectivity index (χ1n) is 8.16. The first kappa shape index (κ1) is 17.3. The van der Waals surface area contributed by atoms with E-state index in [-0.39, 0.29) is 18.0 Å². The molecule has 1 unspecified atom stereocenters. The van der Waals surface area contributed by atoms with Crippen LogP contribution < -0.4 is 10.6 Å². The zero-order chi connectivity index (χ0) is 17.8. The molecule has 2 aromatic rings. The Morgan fingerprint density at radius 2 is 2.00 bits per heavy atom. The molecule has 2 aromatic carbocycles. The van der Waals surface area contributed by atoms with Gasteiger partial charge in [0, 0.05) is 30.2 Å². The van der Waals surface area contributed by atoms with Crippen LogP contribution in [0, 0.1) is 6.92 Å². The second-order valence-corrected chi connectivity index (χ2v) is 6.66. The van der Waals surface area contributed by atoms with Gasteiger partial charge in [0.25, 0.3) is 0 Å². The number of nitrogens with zero attached hydrogens (tertiary/aromatic N) is 1. The van der Waals surface area contributed by atoms with Gasteiger partial charge in [-0.15, -0.1) is 0 Å². The average molecular weight is 358 g/mol. The number of anilines is 1.